The van der Waals surface area contributed by atoms with Gasteiger partial charge >= 0.3 is 0 Å². The van der Waals surface area contributed by atoms with Crippen LogP contribution >= 0.6 is 11.8 Å². The van der Waals surface area contributed by atoms with Crippen LogP contribution in [-0.2, 0) is 4.74 Å². The molecule has 1 amide bonds. The molecule has 0 bridgehead atoms. The number of benzene rings is 1. The van der Waals surface area contributed by atoms with Crippen molar-refractivity contribution in [2.45, 2.75) is 44.8 Å². The fourth-order valence-corrected chi connectivity index (χ4v) is 4.80. The number of nitrogens with one attached hydrogen (secondary N) is 1. The molecule has 0 unspecified atom stereocenters. The molecule has 3 rings (SSSR count). The highest BCUT2D eigenvalue weighted by molar-refractivity contribution is 7.99. The summed E-state index contributed by atoms with van der Waals surface area (Å²) in [5, 5.41) is 3.13. The Labute approximate surface area is 141 Å². The minimum absolute atomic E-state index is 0.00912. The second-order valence-electron chi connectivity index (χ2n) is 6.58. The van der Waals surface area contributed by atoms with Crippen molar-refractivity contribution in [2.75, 3.05) is 18.1 Å². The molecule has 2 saturated heterocycles. The van der Waals surface area contributed by atoms with Crippen molar-refractivity contribution in [3.05, 3.63) is 34.9 Å². The lowest BCUT2D eigenvalue weighted by Crippen LogP contribution is -2.48. The lowest BCUT2D eigenvalue weighted by atomic mass is 9.89. The van der Waals surface area contributed by atoms with E-state index in [0.717, 1.165) is 36.3 Å². The number of ketones is 1. The minimum atomic E-state index is -0.0970. The molecule has 0 saturated carbocycles. The summed E-state index contributed by atoms with van der Waals surface area (Å²) in [6.45, 7) is 4.13. The van der Waals surface area contributed by atoms with Gasteiger partial charge in [0.15, 0.2) is 5.78 Å². The summed E-state index contributed by atoms with van der Waals surface area (Å²) >= 11 is 1.93. The van der Waals surface area contributed by atoms with Gasteiger partial charge < -0.3 is 10.1 Å². The van der Waals surface area contributed by atoms with Crippen LogP contribution in [0, 0.1) is 6.92 Å². The number of amides is 1. The molecule has 1 spiro atoms. The first kappa shape index (κ1) is 16.5. The molecule has 23 heavy (non-hydrogen) atoms. The number of hydrogen-bond acceptors (Lipinski definition) is 4. The van der Waals surface area contributed by atoms with Gasteiger partial charge in [-0.05, 0) is 56.6 Å². The third kappa shape index (κ3) is 3.61. The first-order valence-corrected chi connectivity index (χ1v) is 9.29. The van der Waals surface area contributed by atoms with Crippen LogP contribution in [0.4, 0.5) is 0 Å². The summed E-state index contributed by atoms with van der Waals surface area (Å²) < 4.78 is 5.99. The molecule has 5 heteroatoms. The van der Waals surface area contributed by atoms with Gasteiger partial charge in [0, 0.05) is 29.5 Å². The zero-order valence-corrected chi connectivity index (χ0v) is 14.5. The minimum Gasteiger partial charge on any atom is -0.374 e. The molecule has 0 aliphatic carbocycles. The van der Waals surface area contributed by atoms with E-state index in [-0.39, 0.29) is 23.3 Å². The number of Topliss-reactive ketones (excluding diaryl/α,β-unsaturated/α-hetero) is 1. The second kappa shape index (κ2) is 6.65. The number of ether oxygens (including phenoxy) is 1. The normalized spacial score (nSPS) is 27.1. The summed E-state index contributed by atoms with van der Waals surface area (Å²) in [4.78, 5) is 24.2. The molecular formula is C18H23NO3S. The molecule has 2 fully saturated rings. The summed E-state index contributed by atoms with van der Waals surface area (Å²) in [5.74, 6) is 2.06. The van der Waals surface area contributed by atoms with Gasteiger partial charge in [-0.25, -0.2) is 0 Å². The predicted octanol–water partition coefficient (Wildman–Crippen LogP) is 2.98. The van der Waals surface area contributed by atoms with E-state index in [4.69, 9.17) is 4.74 Å². The standard InChI is InChI=1S/C18H23NO3S/c1-12-3-4-14(9-16(12)13(2)20)17(21)19-15-5-7-22-18(10-15)6-8-23-11-18/h3-4,9,15H,5-8,10-11H2,1-2H3,(H,19,21)/t15-,18-/m1/s1. The first-order chi connectivity index (χ1) is 11.0. The third-order valence-electron chi connectivity index (χ3n) is 4.77. The third-order valence-corrected chi connectivity index (χ3v) is 6.00. The Morgan fingerprint density at radius 2 is 2.22 bits per heavy atom. The summed E-state index contributed by atoms with van der Waals surface area (Å²) in [6, 6.07) is 5.48. The first-order valence-electron chi connectivity index (χ1n) is 8.13. The van der Waals surface area contributed by atoms with Crippen LogP contribution in [-0.4, -0.2) is 41.4 Å². The van der Waals surface area contributed by atoms with E-state index in [2.05, 4.69) is 5.32 Å². The molecule has 2 atom stereocenters. The van der Waals surface area contributed by atoms with Gasteiger partial charge in [-0.1, -0.05) is 6.07 Å². The molecular weight excluding hydrogens is 310 g/mol. The fourth-order valence-electron chi connectivity index (χ4n) is 3.43. The fraction of sp³-hybridized carbons (Fsp3) is 0.556. The van der Waals surface area contributed by atoms with Crippen LogP contribution in [0.3, 0.4) is 0 Å². The molecule has 0 radical (unpaired) electrons. The quantitative estimate of drug-likeness (QED) is 0.864. The highest BCUT2D eigenvalue weighted by Gasteiger charge is 2.40. The number of rotatable bonds is 3. The van der Waals surface area contributed by atoms with Crippen molar-refractivity contribution in [1.82, 2.24) is 5.32 Å². The Hall–Kier alpha value is -1.33. The lowest BCUT2D eigenvalue weighted by molar-refractivity contribution is -0.0688. The van der Waals surface area contributed by atoms with Crippen molar-refractivity contribution in [3.63, 3.8) is 0 Å². The largest absolute Gasteiger partial charge is 0.374 e. The number of hydrogen-bond donors (Lipinski definition) is 1. The summed E-state index contributed by atoms with van der Waals surface area (Å²) in [7, 11) is 0. The maximum Gasteiger partial charge on any atom is 0.251 e. The molecule has 2 aliphatic heterocycles. The van der Waals surface area contributed by atoms with Gasteiger partial charge in [-0.3, -0.25) is 9.59 Å². The van der Waals surface area contributed by atoms with Gasteiger partial charge in [-0.2, -0.15) is 11.8 Å². The van der Waals surface area contributed by atoms with Crippen LogP contribution < -0.4 is 5.32 Å². The maximum atomic E-state index is 12.5. The molecule has 1 aromatic carbocycles. The number of thioether (sulfide) groups is 1. The number of carbonyl (C=O) groups is 2. The average Bonchev–Trinajstić information content (AvgIpc) is 2.95. The zero-order chi connectivity index (χ0) is 16.4. The predicted molar refractivity (Wildman–Crippen MR) is 92.3 cm³/mol. The van der Waals surface area contributed by atoms with E-state index in [0.29, 0.717) is 17.7 Å². The van der Waals surface area contributed by atoms with Gasteiger partial charge in [-0.15, -0.1) is 0 Å². The number of carbonyl (C=O) groups excluding carboxylic acids is 2. The van der Waals surface area contributed by atoms with Crippen molar-refractivity contribution in [3.8, 4) is 0 Å². The number of aryl methyl sites for hydroxylation is 1. The zero-order valence-electron chi connectivity index (χ0n) is 13.7. The monoisotopic (exact) mass is 333 g/mol. The van der Waals surface area contributed by atoms with Gasteiger partial charge in [0.25, 0.3) is 5.91 Å². The van der Waals surface area contributed by atoms with Crippen molar-refractivity contribution in [2.24, 2.45) is 0 Å². The van der Waals surface area contributed by atoms with Crippen LogP contribution in [0.25, 0.3) is 0 Å². The van der Waals surface area contributed by atoms with E-state index in [1.165, 1.54) is 6.92 Å². The van der Waals surface area contributed by atoms with Gasteiger partial charge in [0.1, 0.15) is 0 Å². The maximum absolute atomic E-state index is 12.5. The van der Waals surface area contributed by atoms with Crippen LogP contribution in [0.15, 0.2) is 18.2 Å². The molecule has 0 aromatic heterocycles. The Morgan fingerprint density at radius 3 is 2.91 bits per heavy atom. The van der Waals surface area contributed by atoms with Crippen molar-refractivity contribution >= 4 is 23.5 Å². The molecule has 1 N–H and O–H groups in total. The SMILES string of the molecule is CC(=O)c1cc(C(=O)N[C@@H]2CCO[C@]3(CCSC3)C2)ccc1C. The molecule has 4 nitrogen and oxygen atoms in total. The Bertz CT molecular complexity index is 623. The van der Waals surface area contributed by atoms with Crippen molar-refractivity contribution < 1.29 is 14.3 Å². The summed E-state index contributed by atoms with van der Waals surface area (Å²) in [5.41, 5.74) is 2.04. The van der Waals surface area contributed by atoms with E-state index in [1.54, 1.807) is 12.1 Å². The second-order valence-corrected chi connectivity index (χ2v) is 7.69. The topological polar surface area (TPSA) is 55.4 Å². The van der Waals surface area contributed by atoms with Crippen LogP contribution in [0.1, 0.15) is 52.5 Å². The molecule has 1 aromatic rings. The van der Waals surface area contributed by atoms with E-state index in [1.807, 2.05) is 24.8 Å². The molecule has 2 heterocycles. The van der Waals surface area contributed by atoms with Crippen LogP contribution in [0.5, 0.6) is 0 Å². The van der Waals surface area contributed by atoms with Crippen LogP contribution in [0.2, 0.25) is 0 Å². The smallest absolute Gasteiger partial charge is 0.251 e. The van der Waals surface area contributed by atoms with Crippen molar-refractivity contribution in [1.29, 1.82) is 0 Å². The summed E-state index contributed by atoms with van der Waals surface area (Å²) in [6.07, 6.45) is 2.81. The van der Waals surface area contributed by atoms with Gasteiger partial charge in [0.2, 0.25) is 0 Å². The van der Waals surface area contributed by atoms with E-state index in [9.17, 15) is 9.59 Å². The average molecular weight is 333 g/mol. The van der Waals surface area contributed by atoms with E-state index < -0.39 is 0 Å². The lowest BCUT2D eigenvalue weighted by Gasteiger charge is -2.38. The highest BCUT2D eigenvalue weighted by Crippen LogP contribution is 2.38. The Balaban J connectivity index is 1.69. The molecule has 2 aliphatic rings. The Morgan fingerprint density at radius 1 is 1.39 bits per heavy atom. The Kier molecular flexibility index (Phi) is 4.78. The highest BCUT2D eigenvalue weighted by atomic mass is 32.2. The van der Waals surface area contributed by atoms with Gasteiger partial charge in [0.05, 0.1) is 5.60 Å². The molecule has 124 valence electrons. The van der Waals surface area contributed by atoms with E-state index >= 15 is 0 Å².